The van der Waals surface area contributed by atoms with Crippen molar-refractivity contribution in [2.45, 2.75) is 54.9 Å². The van der Waals surface area contributed by atoms with Crippen LogP contribution in [0.2, 0.25) is 0 Å². The molecule has 4 rings (SSSR count). The van der Waals surface area contributed by atoms with E-state index < -0.39 is 0 Å². The first-order valence-corrected chi connectivity index (χ1v) is 13.1. The third kappa shape index (κ3) is 5.23. The van der Waals surface area contributed by atoms with Gasteiger partial charge in [-0.15, -0.1) is 0 Å². The van der Waals surface area contributed by atoms with E-state index in [1.807, 2.05) is 0 Å². The number of fused-ring (bicyclic) bond motifs is 1. The van der Waals surface area contributed by atoms with Crippen LogP contribution < -0.4 is 0 Å². The van der Waals surface area contributed by atoms with Gasteiger partial charge in [-0.2, -0.15) is 0 Å². The maximum absolute atomic E-state index is 5.52. The second-order valence-corrected chi connectivity index (χ2v) is 10.7. The second kappa shape index (κ2) is 10.7. The Kier molecular flexibility index (Phi) is 7.64. The predicted octanol–water partition coefficient (Wildman–Crippen LogP) is 9.17. The third-order valence-corrected chi connectivity index (χ3v) is 7.02. The van der Waals surface area contributed by atoms with Gasteiger partial charge in [0.1, 0.15) is 0 Å². The van der Waals surface area contributed by atoms with E-state index in [9.17, 15) is 0 Å². The number of hydrogen-bond donors (Lipinski definition) is 0. The molecule has 0 bridgehead atoms. The lowest BCUT2D eigenvalue weighted by Gasteiger charge is -2.24. The van der Waals surface area contributed by atoms with E-state index in [-0.39, 0.29) is 0 Å². The van der Waals surface area contributed by atoms with Crippen molar-refractivity contribution in [2.24, 2.45) is 11.8 Å². The highest BCUT2D eigenvalue weighted by molar-refractivity contribution is 5.96. The molecule has 186 valence electrons. The summed E-state index contributed by atoms with van der Waals surface area (Å²) in [5, 5.41) is 1.27. The number of aryl methyl sites for hydroxylation is 1. The molecule has 2 nitrogen and oxygen atoms in total. The summed E-state index contributed by atoms with van der Waals surface area (Å²) in [6, 6.07) is 15.5. The van der Waals surface area contributed by atoms with Gasteiger partial charge in [-0.3, -0.25) is 0 Å². The van der Waals surface area contributed by atoms with Crippen molar-refractivity contribution in [1.82, 2.24) is 4.98 Å². The zero-order valence-electron chi connectivity index (χ0n) is 23.1. The van der Waals surface area contributed by atoms with Crippen LogP contribution in [0.25, 0.3) is 27.6 Å². The van der Waals surface area contributed by atoms with Crippen LogP contribution in [0.15, 0.2) is 83.7 Å². The van der Waals surface area contributed by atoms with Crippen LogP contribution in [0.1, 0.15) is 57.0 Å². The summed E-state index contributed by atoms with van der Waals surface area (Å²) in [6.45, 7) is 15.4. The fourth-order valence-corrected chi connectivity index (χ4v) is 4.94. The number of benzene rings is 2. The highest BCUT2D eigenvalue weighted by Gasteiger charge is 2.22. The SMILES string of the molecule is CO/C(=C\C=C/C1=C(C)C=C1c1nc2ccc(-c3ccc(C)cc3)cc2c(CC(C)C)c1C)C(C)C. The molecule has 0 saturated heterocycles. The smallest absolute Gasteiger partial charge is 0.0980 e. The molecule has 0 aliphatic heterocycles. The van der Waals surface area contributed by atoms with E-state index in [2.05, 4.69) is 115 Å². The monoisotopic (exact) mass is 477 g/mol. The fraction of sp³-hybridized carbons (Fsp3) is 0.324. The Bertz CT molecular complexity index is 1400. The topological polar surface area (TPSA) is 22.1 Å². The van der Waals surface area contributed by atoms with E-state index in [0.29, 0.717) is 11.8 Å². The lowest BCUT2D eigenvalue weighted by Crippen LogP contribution is -2.08. The summed E-state index contributed by atoms with van der Waals surface area (Å²) >= 11 is 0. The molecule has 0 radical (unpaired) electrons. The Morgan fingerprint density at radius 3 is 2.25 bits per heavy atom. The normalized spacial score (nSPS) is 14.3. The molecule has 3 aromatic rings. The molecule has 0 atom stereocenters. The first kappa shape index (κ1) is 25.7. The van der Waals surface area contributed by atoms with Crippen LogP contribution in [0.3, 0.4) is 0 Å². The van der Waals surface area contributed by atoms with Crippen LogP contribution in [-0.4, -0.2) is 12.1 Å². The van der Waals surface area contributed by atoms with Gasteiger partial charge in [0.15, 0.2) is 0 Å². The zero-order chi connectivity index (χ0) is 26.0. The Morgan fingerprint density at radius 2 is 1.64 bits per heavy atom. The molecule has 0 fully saturated rings. The van der Waals surface area contributed by atoms with E-state index >= 15 is 0 Å². The quantitative estimate of drug-likeness (QED) is 0.238. The van der Waals surface area contributed by atoms with E-state index in [1.54, 1.807) is 7.11 Å². The van der Waals surface area contributed by atoms with Crippen molar-refractivity contribution in [3.05, 3.63) is 106 Å². The number of hydrogen-bond acceptors (Lipinski definition) is 2. The molecule has 0 N–H and O–H groups in total. The number of aromatic nitrogens is 1. The van der Waals surface area contributed by atoms with Crippen molar-refractivity contribution >= 4 is 16.5 Å². The maximum Gasteiger partial charge on any atom is 0.0980 e. The summed E-state index contributed by atoms with van der Waals surface area (Å²) in [6.07, 6.45) is 9.66. The number of methoxy groups -OCH3 is 1. The number of allylic oxidation sites excluding steroid dienone is 8. The Balaban J connectivity index is 1.77. The van der Waals surface area contributed by atoms with Gasteiger partial charge < -0.3 is 4.74 Å². The van der Waals surface area contributed by atoms with E-state index in [4.69, 9.17) is 9.72 Å². The lowest BCUT2D eigenvalue weighted by atomic mass is 9.83. The van der Waals surface area contributed by atoms with Gasteiger partial charge in [0.25, 0.3) is 0 Å². The lowest BCUT2D eigenvalue weighted by molar-refractivity contribution is 0.254. The zero-order valence-corrected chi connectivity index (χ0v) is 23.1. The summed E-state index contributed by atoms with van der Waals surface area (Å²) in [5.41, 5.74) is 12.4. The molecule has 2 heteroatoms. The molecule has 0 unspecified atom stereocenters. The minimum Gasteiger partial charge on any atom is -0.501 e. The number of rotatable bonds is 8. The molecule has 2 aromatic carbocycles. The first-order valence-electron chi connectivity index (χ1n) is 13.1. The van der Waals surface area contributed by atoms with Crippen LogP contribution in [0.4, 0.5) is 0 Å². The average molecular weight is 478 g/mol. The molecule has 1 aliphatic carbocycles. The molecular weight excluding hydrogens is 438 g/mol. The molecule has 0 spiro atoms. The van der Waals surface area contributed by atoms with Gasteiger partial charge in [0.05, 0.1) is 24.1 Å². The average Bonchev–Trinajstić information content (AvgIpc) is 2.84. The minimum atomic E-state index is 0.360. The van der Waals surface area contributed by atoms with Crippen LogP contribution in [-0.2, 0) is 11.2 Å². The molecule has 0 amide bonds. The summed E-state index contributed by atoms with van der Waals surface area (Å²) in [4.78, 5) is 5.21. The van der Waals surface area contributed by atoms with Crippen LogP contribution in [0, 0.1) is 25.7 Å². The van der Waals surface area contributed by atoms with Crippen molar-refractivity contribution in [3.63, 3.8) is 0 Å². The number of ether oxygens (including phenoxy) is 1. The third-order valence-electron chi connectivity index (χ3n) is 7.02. The van der Waals surface area contributed by atoms with E-state index in [0.717, 1.165) is 23.4 Å². The van der Waals surface area contributed by atoms with Gasteiger partial charge >= 0.3 is 0 Å². The molecule has 1 aromatic heterocycles. The molecule has 36 heavy (non-hydrogen) atoms. The highest BCUT2D eigenvalue weighted by Crippen LogP contribution is 2.40. The highest BCUT2D eigenvalue weighted by atomic mass is 16.5. The van der Waals surface area contributed by atoms with Crippen molar-refractivity contribution in [1.29, 1.82) is 0 Å². The molecule has 0 saturated carbocycles. The summed E-state index contributed by atoms with van der Waals surface area (Å²) in [5.74, 6) is 1.91. The van der Waals surface area contributed by atoms with Crippen LogP contribution >= 0.6 is 0 Å². The molecule has 1 aliphatic rings. The maximum atomic E-state index is 5.52. The van der Waals surface area contributed by atoms with Gasteiger partial charge in [0, 0.05) is 16.9 Å². The predicted molar refractivity (Wildman–Crippen MR) is 155 cm³/mol. The van der Waals surface area contributed by atoms with Gasteiger partial charge in [-0.25, -0.2) is 4.98 Å². The number of nitrogens with zero attached hydrogens (tertiary/aromatic N) is 1. The standard InChI is InChI=1S/C34H39NO/c1-21(2)18-29-25(7)34(31-19-24(6)28(31)10-9-11-33(36-8)22(3)4)35-32-17-16-27(20-30(29)32)26-14-12-23(5)13-15-26/h9-17,19-22H,18H2,1-8H3/b10-9-,33-11-. The first-order chi connectivity index (χ1) is 17.2. The van der Waals surface area contributed by atoms with Gasteiger partial charge in [-0.05, 0) is 90.8 Å². The van der Waals surface area contributed by atoms with Crippen molar-refractivity contribution < 1.29 is 4.74 Å². The molecule has 1 heterocycles. The van der Waals surface area contributed by atoms with Crippen molar-refractivity contribution in [2.75, 3.05) is 7.11 Å². The largest absolute Gasteiger partial charge is 0.501 e. The van der Waals surface area contributed by atoms with Gasteiger partial charge in [-0.1, -0.05) is 75.7 Å². The number of pyridine rings is 1. The fourth-order valence-electron chi connectivity index (χ4n) is 4.94. The second-order valence-electron chi connectivity index (χ2n) is 10.7. The molecular formula is C34H39NO. The van der Waals surface area contributed by atoms with Crippen molar-refractivity contribution in [3.8, 4) is 11.1 Å². The van der Waals surface area contributed by atoms with Gasteiger partial charge in [0.2, 0.25) is 0 Å². The Labute approximate surface area is 217 Å². The Hall–Kier alpha value is -3.39. The summed E-state index contributed by atoms with van der Waals surface area (Å²) in [7, 11) is 1.74. The summed E-state index contributed by atoms with van der Waals surface area (Å²) < 4.78 is 5.52. The van der Waals surface area contributed by atoms with Crippen LogP contribution in [0.5, 0.6) is 0 Å². The van der Waals surface area contributed by atoms with E-state index in [1.165, 1.54) is 49.9 Å². The Morgan fingerprint density at radius 1 is 0.944 bits per heavy atom. The minimum absolute atomic E-state index is 0.360.